The van der Waals surface area contributed by atoms with Crippen LogP contribution in [-0.4, -0.2) is 14.5 Å². The van der Waals surface area contributed by atoms with E-state index in [4.69, 9.17) is 0 Å². The number of pyridine rings is 1. The van der Waals surface area contributed by atoms with Gasteiger partial charge in [-0.25, -0.2) is 18.7 Å². The number of hydrogen-bond acceptors (Lipinski definition) is 2. The van der Waals surface area contributed by atoms with Crippen LogP contribution >= 0.6 is 0 Å². The Hall–Kier alpha value is -2.30. The zero-order valence-electron chi connectivity index (χ0n) is 11.8. The molecular weight excluding hydrogens is 272 g/mol. The van der Waals surface area contributed by atoms with Crippen LogP contribution in [0.5, 0.6) is 0 Å². The van der Waals surface area contributed by atoms with Crippen LogP contribution in [0, 0.1) is 11.6 Å². The lowest BCUT2D eigenvalue weighted by atomic mass is 10.2. The Morgan fingerprint density at radius 2 is 2.00 bits per heavy atom. The molecule has 3 nitrogen and oxygen atoms in total. The summed E-state index contributed by atoms with van der Waals surface area (Å²) in [6.07, 6.45) is 2.59. The van der Waals surface area contributed by atoms with E-state index in [2.05, 4.69) is 23.8 Å². The minimum atomic E-state index is -0.872. The summed E-state index contributed by atoms with van der Waals surface area (Å²) in [5.41, 5.74) is 2.05. The first-order valence-corrected chi connectivity index (χ1v) is 6.90. The average Bonchev–Trinajstić information content (AvgIpc) is 2.88. The van der Waals surface area contributed by atoms with Gasteiger partial charge in [0.1, 0.15) is 11.3 Å². The quantitative estimate of drug-likeness (QED) is 0.717. The highest BCUT2D eigenvalue weighted by atomic mass is 19.2. The van der Waals surface area contributed by atoms with Crippen LogP contribution < -0.4 is 0 Å². The first-order valence-electron chi connectivity index (χ1n) is 6.90. The van der Waals surface area contributed by atoms with Crippen molar-refractivity contribution in [2.75, 3.05) is 0 Å². The molecule has 0 fully saturated rings. The van der Waals surface area contributed by atoms with Gasteiger partial charge < -0.3 is 4.57 Å². The van der Waals surface area contributed by atoms with Crippen molar-refractivity contribution < 1.29 is 8.78 Å². The Morgan fingerprint density at radius 1 is 1.19 bits per heavy atom. The van der Waals surface area contributed by atoms with Gasteiger partial charge in [0, 0.05) is 17.8 Å². The maximum absolute atomic E-state index is 13.5. The molecule has 1 atom stereocenters. The van der Waals surface area contributed by atoms with Crippen LogP contribution in [0.25, 0.3) is 22.6 Å². The molecule has 0 radical (unpaired) electrons. The number of benzene rings is 1. The Kier molecular flexibility index (Phi) is 3.41. The standard InChI is InChI=1S/C16H15F2N3/c1-3-10(2)21-15(11-6-7-12(17)13(18)9-11)20-14-5-4-8-19-16(14)21/h4-10H,3H2,1-2H3. The SMILES string of the molecule is CCC(C)n1c(-c2ccc(F)c(F)c2)nc2cccnc21. The second-order valence-corrected chi connectivity index (χ2v) is 5.04. The topological polar surface area (TPSA) is 30.7 Å². The van der Waals surface area contributed by atoms with Crippen molar-refractivity contribution in [3.8, 4) is 11.4 Å². The average molecular weight is 287 g/mol. The van der Waals surface area contributed by atoms with Crippen LogP contribution in [-0.2, 0) is 0 Å². The van der Waals surface area contributed by atoms with Crippen molar-refractivity contribution in [1.82, 2.24) is 14.5 Å². The molecule has 21 heavy (non-hydrogen) atoms. The van der Waals surface area contributed by atoms with Gasteiger partial charge in [0.05, 0.1) is 0 Å². The van der Waals surface area contributed by atoms with Crippen LogP contribution in [0.1, 0.15) is 26.3 Å². The molecule has 0 N–H and O–H groups in total. The fourth-order valence-electron chi connectivity index (χ4n) is 2.37. The van der Waals surface area contributed by atoms with Gasteiger partial charge in [-0.3, -0.25) is 0 Å². The van der Waals surface area contributed by atoms with Crippen molar-refractivity contribution >= 4 is 11.2 Å². The van der Waals surface area contributed by atoms with E-state index in [1.54, 1.807) is 12.3 Å². The third-order valence-corrected chi connectivity index (χ3v) is 3.66. The molecule has 0 bridgehead atoms. The predicted molar refractivity (Wildman–Crippen MR) is 77.9 cm³/mol. The summed E-state index contributed by atoms with van der Waals surface area (Å²) in [5.74, 6) is -1.12. The fraction of sp³-hybridized carbons (Fsp3) is 0.250. The van der Waals surface area contributed by atoms with E-state index in [0.717, 1.165) is 23.7 Å². The summed E-state index contributed by atoms with van der Waals surface area (Å²) in [7, 11) is 0. The number of aromatic nitrogens is 3. The summed E-state index contributed by atoms with van der Waals surface area (Å²) in [6, 6.07) is 7.68. The zero-order chi connectivity index (χ0) is 15.0. The molecule has 0 aliphatic rings. The van der Waals surface area contributed by atoms with Crippen molar-refractivity contribution in [2.24, 2.45) is 0 Å². The summed E-state index contributed by atoms with van der Waals surface area (Å²) in [4.78, 5) is 8.90. The molecule has 1 aromatic carbocycles. The molecule has 108 valence electrons. The van der Waals surface area contributed by atoms with E-state index in [1.165, 1.54) is 6.07 Å². The molecule has 0 aliphatic carbocycles. The monoisotopic (exact) mass is 287 g/mol. The lowest BCUT2D eigenvalue weighted by Crippen LogP contribution is -2.07. The second-order valence-electron chi connectivity index (χ2n) is 5.04. The largest absolute Gasteiger partial charge is 0.306 e. The Balaban J connectivity index is 2.28. The Morgan fingerprint density at radius 3 is 2.71 bits per heavy atom. The summed E-state index contributed by atoms with van der Waals surface area (Å²) >= 11 is 0. The van der Waals surface area contributed by atoms with Crippen LogP contribution in [0.3, 0.4) is 0 Å². The molecular formula is C16H15F2N3. The Bertz CT molecular complexity index is 795. The molecule has 1 unspecified atom stereocenters. The van der Waals surface area contributed by atoms with E-state index in [-0.39, 0.29) is 6.04 Å². The van der Waals surface area contributed by atoms with E-state index >= 15 is 0 Å². The Labute approximate surface area is 121 Å². The fourth-order valence-corrected chi connectivity index (χ4v) is 2.37. The molecule has 0 saturated carbocycles. The van der Waals surface area contributed by atoms with Gasteiger partial charge in [-0.05, 0) is 43.7 Å². The van der Waals surface area contributed by atoms with Crippen LogP contribution in [0.4, 0.5) is 8.78 Å². The van der Waals surface area contributed by atoms with E-state index in [1.807, 2.05) is 16.7 Å². The maximum Gasteiger partial charge on any atom is 0.160 e. The van der Waals surface area contributed by atoms with E-state index in [0.29, 0.717) is 11.4 Å². The summed E-state index contributed by atoms with van der Waals surface area (Å²) in [5, 5.41) is 0. The van der Waals surface area contributed by atoms with Gasteiger partial charge >= 0.3 is 0 Å². The van der Waals surface area contributed by atoms with Crippen molar-refractivity contribution in [3.63, 3.8) is 0 Å². The molecule has 3 aromatic rings. The third-order valence-electron chi connectivity index (χ3n) is 3.66. The highest BCUT2D eigenvalue weighted by molar-refractivity contribution is 5.77. The minimum absolute atomic E-state index is 0.160. The van der Waals surface area contributed by atoms with Crippen LogP contribution in [0.2, 0.25) is 0 Å². The van der Waals surface area contributed by atoms with Crippen LogP contribution in [0.15, 0.2) is 36.5 Å². The normalized spacial score (nSPS) is 12.8. The van der Waals surface area contributed by atoms with Gasteiger partial charge in [-0.1, -0.05) is 6.92 Å². The van der Waals surface area contributed by atoms with Gasteiger partial charge in [0.15, 0.2) is 17.3 Å². The molecule has 0 saturated heterocycles. The molecule has 5 heteroatoms. The highest BCUT2D eigenvalue weighted by Gasteiger charge is 2.18. The lowest BCUT2D eigenvalue weighted by molar-refractivity contribution is 0.508. The van der Waals surface area contributed by atoms with E-state index in [9.17, 15) is 8.78 Å². The van der Waals surface area contributed by atoms with Gasteiger partial charge in [-0.2, -0.15) is 0 Å². The number of nitrogens with zero attached hydrogens (tertiary/aromatic N) is 3. The summed E-state index contributed by atoms with van der Waals surface area (Å²) < 4.78 is 28.6. The first kappa shape index (κ1) is 13.7. The molecule has 2 heterocycles. The number of rotatable bonds is 3. The van der Waals surface area contributed by atoms with Crippen molar-refractivity contribution in [1.29, 1.82) is 0 Å². The molecule has 2 aromatic heterocycles. The molecule has 0 spiro atoms. The van der Waals surface area contributed by atoms with Gasteiger partial charge in [-0.15, -0.1) is 0 Å². The van der Waals surface area contributed by atoms with Crippen molar-refractivity contribution in [2.45, 2.75) is 26.3 Å². The first-order chi connectivity index (χ1) is 10.1. The summed E-state index contributed by atoms with van der Waals surface area (Å²) in [6.45, 7) is 4.12. The number of fused-ring (bicyclic) bond motifs is 1. The van der Waals surface area contributed by atoms with Gasteiger partial charge in [0.2, 0.25) is 0 Å². The number of hydrogen-bond donors (Lipinski definition) is 0. The van der Waals surface area contributed by atoms with E-state index < -0.39 is 11.6 Å². The molecule has 3 rings (SSSR count). The minimum Gasteiger partial charge on any atom is -0.306 e. The number of halogens is 2. The smallest absolute Gasteiger partial charge is 0.160 e. The zero-order valence-corrected chi connectivity index (χ0v) is 11.8. The molecule has 0 aliphatic heterocycles. The third kappa shape index (κ3) is 2.28. The molecule has 0 amide bonds. The second kappa shape index (κ2) is 5.24. The number of imidazole rings is 1. The predicted octanol–water partition coefficient (Wildman–Crippen LogP) is 4.35. The maximum atomic E-state index is 13.5. The van der Waals surface area contributed by atoms with Crippen molar-refractivity contribution in [3.05, 3.63) is 48.2 Å². The van der Waals surface area contributed by atoms with Gasteiger partial charge in [0.25, 0.3) is 0 Å². The highest BCUT2D eigenvalue weighted by Crippen LogP contribution is 2.29. The lowest BCUT2D eigenvalue weighted by Gasteiger charge is -2.15.